The van der Waals surface area contributed by atoms with Crippen molar-refractivity contribution in [2.24, 2.45) is 0 Å². The molecule has 1 aliphatic rings. The van der Waals surface area contributed by atoms with Gasteiger partial charge in [0, 0.05) is 6.04 Å². The van der Waals surface area contributed by atoms with Gasteiger partial charge in [-0.15, -0.1) is 0 Å². The molecule has 5 nitrogen and oxygen atoms in total. The van der Waals surface area contributed by atoms with Gasteiger partial charge in [-0.25, -0.2) is 8.42 Å². The van der Waals surface area contributed by atoms with Crippen molar-refractivity contribution in [1.82, 2.24) is 4.90 Å². The second kappa shape index (κ2) is 5.93. The Hall–Kier alpha value is -1.40. The number of carbonyl (C=O) groups is 1. The SMILES string of the molecule is CCCN(CC(=O)O)C1CCS(=O)(=O)c2ccccc21. The highest BCUT2D eigenvalue weighted by Gasteiger charge is 2.33. The highest BCUT2D eigenvalue weighted by Crippen LogP contribution is 2.35. The molecule has 0 aliphatic carbocycles. The minimum absolute atomic E-state index is 0.0626. The zero-order valence-corrected chi connectivity index (χ0v) is 12.3. The van der Waals surface area contributed by atoms with E-state index in [0.717, 1.165) is 12.0 Å². The summed E-state index contributed by atoms with van der Waals surface area (Å²) in [5.41, 5.74) is 0.730. The molecule has 2 rings (SSSR count). The molecular weight excluding hydrogens is 278 g/mol. The summed E-state index contributed by atoms with van der Waals surface area (Å²) in [5.74, 6) is -0.807. The van der Waals surface area contributed by atoms with Crippen LogP contribution in [0.5, 0.6) is 0 Å². The normalized spacial score (nSPS) is 20.6. The van der Waals surface area contributed by atoms with Crippen LogP contribution in [0.4, 0.5) is 0 Å². The van der Waals surface area contributed by atoms with E-state index in [9.17, 15) is 13.2 Å². The quantitative estimate of drug-likeness (QED) is 0.895. The molecule has 0 amide bonds. The summed E-state index contributed by atoms with van der Waals surface area (Å²) in [5, 5.41) is 9.03. The van der Waals surface area contributed by atoms with Gasteiger partial charge in [-0.05, 0) is 31.0 Å². The average molecular weight is 297 g/mol. The summed E-state index contributed by atoms with van der Waals surface area (Å²) in [6.45, 7) is 2.57. The second-order valence-electron chi connectivity index (χ2n) is 5.03. The molecule has 1 aromatic rings. The molecule has 1 heterocycles. The van der Waals surface area contributed by atoms with Crippen molar-refractivity contribution >= 4 is 15.8 Å². The van der Waals surface area contributed by atoms with E-state index in [4.69, 9.17) is 5.11 Å². The Labute approximate surface area is 119 Å². The molecule has 1 N–H and O–H groups in total. The third-order valence-electron chi connectivity index (χ3n) is 3.56. The molecule has 1 aromatic carbocycles. The van der Waals surface area contributed by atoms with Gasteiger partial charge in [-0.3, -0.25) is 9.69 Å². The van der Waals surface area contributed by atoms with Crippen LogP contribution in [0.3, 0.4) is 0 Å². The molecule has 0 saturated heterocycles. The van der Waals surface area contributed by atoms with E-state index in [-0.39, 0.29) is 18.3 Å². The Kier molecular flexibility index (Phi) is 4.45. The van der Waals surface area contributed by atoms with Crippen molar-refractivity contribution < 1.29 is 18.3 Å². The van der Waals surface area contributed by atoms with Gasteiger partial charge in [0.25, 0.3) is 0 Å². The predicted octanol–water partition coefficient (Wildman–Crippen LogP) is 1.70. The molecule has 0 radical (unpaired) electrons. The highest BCUT2D eigenvalue weighted by molar-refractivity contribution is 7.91. The van der Waals surface area contributed by atoms with Crippen molar-refractivity contribution in [2.75, 3.05) is 18.8 Å². The number of carboxylic acids is 1. The van der Waals surface area contributed by atoms with Crippen LogP contribution in [0.2, 0.25) is 0 Å². The number of rotatable bonds is 5. The number of hydrogen-bond acceptors (Lipinski definition) is 4. The van der Waals surface area contributed by atoms with E-state index in [1.807, 2.05) is 11.8 Å². The molecule has 0 saturated carbocycles. The molecular formula is C14H19NO4S. The maximum absolute atomic E-state index is 12.1. The van der Waals surface area contributed by atoms with E-state index in [1.54, 1.807) is 24.3 Å². The summed E-state index contributed by atoms with van der Waals surface area (Å²) in [6, 6.07) is 6.78. The smallest absolute Gasteiger partial charge is 0.317 e. The Balaban J connectivity index is 2.40. The van der Waals surface area contributed by atoms with E-state index in [2.05, 4.69) is 0 Å². The van der Waals surface area contributed by atoms with Crippen molar-refractivity contribution in [3.8, 4) is 0 Å². The molecule has 110 valence electrons. The third-order valence-corrected chi connectivity index (χ3v) is 5.38. The first-order valence-electron chi connectivity index (χ1n) is 6.73. The lowest BCUT2D eigenvalue weighted by Crippen LogP contribution is -2.38. The van der Waals surface area contributed by atoms with Crippen LogP contribution in [0.25, 0.3) is 0 Å². The second-order valence-corrected chi connectivity index (χ2v) is 7.10. The first kappa shape index (κ1) is 15.0. The number of nitrogens with zero attached hydrogens (tertiary/aromatic N) is 1. The van der Waals surface area contributed by atoms with Crippen molar-refractivity contribution in [3.63, 3.8) is 0 Å². The number of carboxylic acid groups (broad SMARTS) is 1. The fraction of sp³-hybridized carbons (Fsp3) is 0.500. The first-order valence-corrected chi connectivity index (χ1v) is 8.38. The average Bonchev–Trinajstić information content (AvgIpc) is 2.38. The Morgan fingerprint density at radius 1 is 1.40 bits per heavy atom. The monoisotopic (exact) mass is 297 g/mol. The fourth-order valence-electron chi connectivity index (χ4n) is 2.76. The molecule has 0 spiro atoms. The minimum Gasteiger partial charge on any atom is -0.480 e. The molecule has 20 heavy (non-hydrogen) atoms. The maximum Gasteiger partial charge on any atom is 0.317 e. The van der Waals surface area contributed by atoms with Crippen molar-refractivity contribution in [1.29, 1.82) is 0 Å². The number of hydrogen-bond donors (Lipinski definition) is 1. The van der Waals surface area contributed by atoms with Crippen LogP contribution in [0, 0.1) is 0 Å². The lowest BCUT2D eigenvalue weighted by atomic mass is 10.0. The number of aliphatic carboxylic acids is 1. The van der Waals surface area contributed by atoms with E-state index in [1.165, 1.54) is 0 Å². The van der Waals surface area contributed by atoms with E-state index >= 15 is 0 Å². The van der Waals surface area contributed by atoms with Gasteiger partial charge >= 0.3 is 5.97 Å². The summed E-state index contributed by atoms with van der Waals surface area (Å²) < 4.78 is 24.2. The van der Waals surface area contributed by atoms with Crippen LogP contribution >= 0.6 is 0 Å². The minimum atomic E-state index is -3.23. The Bertz CT molecular complexity index is 597. The van der Waals surface area contributed by atoms with Gasteiger partial charge in [0.15, 0.2) is 9.84 Å². The van der Waals surface area contributed by atoms with E-state index in [0.29, 0.717) is 17.9 Å². The third kappa shape index (κ3) is 3.02. The van der Waals surface area contributed by atoms with Gasteiger partial charge in [0.1, 0.15) is 0 Å². The summed E-state index contributed by atoms with van der Waals surface area (Å²) in [4.78, 5) is 13.2. The molecule has 0 bridgehead atoms. The van der Waals surface area contributed by atoms with Crippen LogP contribution in [-0.2, 0) is 14.6 Å². The van der Waals surface area contributed by atoms with Gasteiger partial charge < -0.3 is 5.11 Å². The highest BCUT2D eigenvalue weighted by atomic mass is 32.2. The molecule has 6 heteroatoms. The number of benzene rings is 1. The van der Waals surface area contributed by atoms with Crippen LogP contribution in [-0.4, -0.2) is 43.2 Å². The summed E-state index contributed by atoms with van der Waals surface area (Å²) in [6.07, 6.45) is 1.28. The van der Waals surface area contributed by atoms with Crippen molar-refractivity contribution in [2.45, 2.75) is 30.7 Å². The van der Waals surface area contributed by atoms with Crippen LogP contribution in [0.1, 0.15) is 31.4 Å². The van der Waals surface area contributed by atoms with Crippen molar-refractivity contribution in [3.05, 3.63) is 29.8 Å². The van der Waals surface area contributed by atoms with Gasteiger partial charge in [-0.2, -0.15) is 0 Å². The summed E-state index contributed by atoms with van der Waals surface area (Å²) in [7, 11) is -3.23. The Morgan fingerprint density at radius 2 is 2.10 bits per heavy atom. The van der Waals surface area contributed by atoms with Crippen LogP contribution in [0.15, 0.2) is 29.2 Å². The van der Waals surface area contributed by atoms with Gasteiger partial charge in [0.05, 0.1) is 17.2 Å². The zero-order chi connectivity index (χ0) is 14.8. The van der Waals surface area contributed by atoms with Crippen LogP contribution < -0.4 is 0 Å². The van der Waals surface area contributed by atoms with Gasteiger partial charge in [-0.1, -0.05) is 25.1 Å². The lowest BCUT2D eigenvalue weighted by molar-refractivity contribution is -0.139. The van der Waals surface area contributed by atoms with Gasteiger partial charge in [0.2, 0.25) is 0 Å². The topological polar surface area (TPSA) is 74.7 Å². The number of sulfone groups is 1. The molecule has 1 unspecified atom stereocenters. The molecule has 1 atom stereocenters. The van der Waals surface area contributed by atoms with E-state index < -0.39 is 15.8 Å². The zero-order valence-electron chi connectivity index (χ0n) is 11.4. The molecule has 0 fully saturated rings. The maximum atomic E-state index is 12.1. The predicted molar refractivity (Wildman–Crippen MR) is 75.4 cm³/mol. The fourth-order valence-corrected chi connectivity index (χ4v) is 4.36. The number of fused-ring (bicyclic) bond motifs is 1. The largest absolute Gasteiger partial charge is 0.480 e. The molecule has 1 aliphatic heterocycles. The first-order chi connectivity index (χ1) is 9.45. The standard InChI is InChI=1S/C14H19NO4S/c1-2-8-15(10-14(16)17)12-7-9-20(18,19)13-6-4-3-5-11(12)13/h3-6,12H,2,7-10H2,1H3,(H,16,17). The molecule has 0 aromatic heterocycles. The Morgan fingerprint density at radius 3 is 2.75 bits per heavy atom. The lowest BCUT2D eigenvalue weighted by Gasteiger charge is -2.34. The summed E-state index contributed by atoms with van der Waals surface area (Å²) >= 11 is 0.